The fourth-order valence-electron chi connectivity index (χ4n) is 1.17. The first-order chi connectivity index (χ1) is 6.63. The summed E-state index contributed by atoms with van der Waals surface area (Å²) in [5.74, 6) is 1.10. The topological polar surface area (TPSA) is 9.23 Å². The highest BCUT2D eigenvalue weighted by molar-refractivity contribution is 5.29. The highest BCUT2D eigenvalue weighted by Crippen LogP contribution is 2.17. The summed E-state index contributed by atoms with van der Waals surface area (Å²) < 4.78 is 18.6. The van der Waals surface area contributed by atoms with Gasteiger partial charge in [-0.05, 0) is 36.1 Å². The molecule has 0 bridgehead atoms. The van der Waals surface area contributed by atoms with Crippen molar-refractivity contribution in [2.45, 2.75) is 27.2 Å². The van der Waals surface area contributed by atoms with Crippen molar-refractivity contribution in [2.75, 3.05) is 6.61 Å². The minimum atomic E-state index is -0.149. The molecule has 0 aliphatic rings. The third-order valence-electron chi connectivity index (χ3n) is 1.98. The lowest BCUT2D eigenvalue weighted by Gasteiger charge is -2.09. The molecule has 0 radical (unpaired) electrons. The Labute approximate surface area is 84.9 Å². The van der Waals surface area contributed by atoms with Gasteiger partial charge in [0.25, 0.3) is 0 Å². The van der Waals surface area contributed by atoms with Crippen LogP contribution in [0.25, 0.3) is 0 Å². The maximum Gasteiger partial charge on any atom is 0.126 e. The smallest absolute Gasteiger partial charge is 0.126 e. The summed E-state index contributed by atoms with van der Waals surface area (Å²) in [5.41, 5.74) is 0.714. The lowest BCUT2D eigenvalue weighted by Crippen LogP contribution is -2.04. The molecular formula is C12H17FO. The number of ether oxygens (including phenoxy) is 1. The lowest BCUT2D eigenvalue weighted by atomic mass is 10.1. The monoisotopic (exact) mass is 196 g/mol. The zero-order valence-electron chi connectivity index (χ0n) is 9.01. The van der Waals surface area contributed by atoms with Crippen molar-refractivity contribution in [3.63, 3.8) is 0 Å². The molecule has 0 N–H and O–H groups in total. The van der Waals surface area contributed by atoms with Crippen LogP contribution in [0.2, 0.25) is 0 Å². The van der Waals surface area contributed by atoms with Gasteiger partial charge in [-0.2, -0.15) is 0 Å². The molecule has 1 rings (SSSR count). The maximum absolute atomic E-state index is 13.1. The van der Waals surface area contributed by atoms with E-state index in [1.165, 1.54) is 6.07 Å². The molecule has 1 nitrogen and oxygen atoms in total. The van der Waals surface area contributed by atoms with E-state index in [0.717, 1.165) is 5.75 Å². The Balaban J connectivity index is 2.69. The Morgan fingerprint density at radius 1 is 1.36 bits per heavy atom. The van der Waals surface area contributed by atoms with Crippen molar-refractivity contribution >= 4 is 0 Å². The molecule has 1 aromatic carbocycles. The summed E-state index contributed by atoms with van der Waals surface area (Å²) in [6, 6.07) is 4.92. The normalized spacial score (nSPS) is 10.6. The second-order valence-corrected chi connectivity index (χ2v) is 3.81. The molecule has 78 valence electrons. The van der Waals surface area contributed by atoms with Crippen LogP contribution in [0.1, 0.15) is 26.3 Å². The maximum atomic E-state index is 13.1. The van der Waals surface area contributed by atoms with E-state index in [1.54, 1.807) is 12.1 Å². The summed E-state index contributed by atoms with van der Waals surface area (Å²) in [6.07, 6.45) is 0.699. The Hall–Kier alpha value is -1.05. The van der Waals surface area contributed by atoms with E-state index in [9.17, 15) is 4.39 Å². The standard InChI is InChI=1S/C12H17FO/c1-4-10-7-11(5-6-12(10)13)14-8-9(2)3/h5-7,9H,4,8H2,1-3H3. The molecule has 0 spiro atoms. The van der Waals surface area contributed by atoms with Crippen LogP contribution in [-0.4, -0.2) is 6.61 Å². The SMILES string of the molecule is CCc1cc(OCC(C)C)ccc1F. The number of rotatable bonds is 4. The van der Waals surface area contributed by atoms with Gasteiger partial charge in [0.15, 0.2) is 0 Å². The van der Waals surface area contributed by atoms with E-state index in [-0.39, 0.29) is 5.82 Å². The van der Waals surface area contributed by atoms with Crippen molar-refractivity contribution < 1.29 is 9.13 Å². The molecule has 1 aromatic rings. The van der Waals surface area contributed by atoms with Crippen LogP contribution in [0, 0.1) is 11.7 Å². The molecule has 0 aliphatic heterocycles. The van der Waals surface area contributed by atoms with Crippen LogP contribution in [-0.2, 0) is 6.42 Å². The summed E-state index contributed by atoms with van der Waals surface area (Å²) in [4.78, 5) is 0. The van der Waals surface area contributed by atoms with Gasteiger partial charge in [0.1, 0.15) is 11.6 Å². The largest absolute Gasteiger partial charge is 0.493 e. The summed E-state index contributed by atoms with van der Waals surface area (Å²) in [7, 11) is 0. The molecule has 0 heterocycles. The fourth-order valence-corrected chi connectivity index (χ4v) is 1.17. The van der Waals surface area contributed by atoms with Crippen LogP contribution < -0.4 is 4.74 Å². The third-order valence-corrected chi connectivity index (χ3v) is 1.98. The Kier molecular flexibility index (Phi) is 3.93. The highest BCUT2D eigenvalue weighted by Gasteiger charge is 2.02. The van der Waals surface area contributed by atoms with E-state index in [2.05, 4.69) is 13.8 Å². The van der Waals surface area contributed by atoms with Gasteiger partial charge >= 0.3 is 0 Å². The zero-order valence-corrected chi connectivity index (χ0v) is 9.01. The van der Waals surface area contributed by atoms with Gasteiger partial charge < -0.3 is 4.74 Å². The van der Waals surface area contributed by atoms with Gasteiger partial charge in [-0.3, -0.25) is 0 Å². The zero-order chi connectivity index (χ0) is 10.6. The number of aryl methyl sites for hydroxylation is 1. The minimum Gasteiger partial charge on any atom is -0.493 e. The molecule has 0 saturated heterocycles. The van der Waals surface area contributed by atoms with Crippen molar-refractivity contribution in [1.29, 1.82) is 0 Å². The predicted molar refractivity (Wildman–Crippen MR) is 56.1 cm³/mol. The summed E-state index contributed by atoms with van der Waals surface area (Å²) >= 11 is 0. The molecule has 0 amide bonds. The lowest BCUT2D eigenvalue weighted by molar-refractivity contribution is 0.270. The number of benzene rings is 1. The molecule has 2 heteroatoms. The number of hydrogen-bond donors (Lipinski definition) is 0. The van der Waals surface area contributed by atoms with E-state index in [1.807, 2.05) is 6.92 Å². The van der Waals surface area contributed by atoms with Gasteiger partial charge in [0.05, 0.1) is 6.61 Å². The molecule has 0 unspecified atom stereocenters. The average Bonchev–Trinajstić information content (AvgIpc) is 2.16. The van der Waals surface area contributed by atoms with Gasteiger partial charge in [0.2, 0.25) is 0 Å². The fraction of sp³-hybridized carbons (Fsp3) is 0.500. The predicted octanol–water partition coefficient (Wildman–Crippen LogP) is 3.42. The highest BCUT2D eigenvalue weighted by atomic mass is 19.1. The Bertz CT molecular complexity index is 294. The molecular weight excluding hydrogens is 179 g/mol. The van der Waals surface area contributed by atoms with Crippen molar-refractivity contribution in [3.05, 3.63) is 29.6 Å². The van der Waals surface area contributed by atoms with Gasteiger partial charge in [0, 0.05) is 0 Å². The average molecular weight is 196 g/mol. The Morgan fingerprint density at radius 2 is 2.07 bits per heavy atom. The van der Waals surface area contributed by atoms with Crippen molar-refractivity contribution in [3.8, 4) is 5.75 Å². The Morgan fingerprint density at radius 3 is 2.64 bits per heavy atom. The third kappa shape index (κ3) is 3.02. The molecule has 0 aliphatic carbocycles. The van der Waals surface area contributed by atoms with Crippen molar-refractivity contribution in [2.24, 2.45) is 5.92 Å². The van der Waals surface area contributed by atoms with Gasteiger partial charge in [-0.25, -0.2) is 4.39 Å². The molecule has 0 saturated carbocycles. The molecule has 0 aromatic heterocycles. The molecule has 0 fully saturated rings. The van der Waals surface area contributed by atoms with Crippen LogP contribution >= 0.6 is 0 Å². The molecule has 0 atom stereocenters. The van der Waals surface area contributed by atoms with Gasteiger partial charge in [-0.15, -0.1) is 0 Å². The van der Waals surface area contributed by atoms with Crippen LogP contribution in [0.15, 0.2) is 18.2 Å². The number of halogens is 1. The summed E-state index contributed by atoms with van der Waals surface area (Å²) in [6.45, 7) is 6.79. The summed E-state index contributed by atoms with van der Waals surface area (Å²) in [5, 5.41) is 0. The first-order valence-corrected chi connectivity index (χ1v) is 5.04. The van der Waals surface area contributed by atoms with Gasteiger partial charge in [-0.1, -0.05) is 20.8 Å². The second-order valence-electron chi connectivity index (χ2n) is 3.81. The molecule has 14 heavy (non-hydrogen) atoms. The van der Waals surface area contributed by atoms with Crippen LogP contribution in [0.3, 0.4) is 0 Å². The van der Waals surface area contributed by atoms with Crippen LogP contribution in [0.4, 0.5) is 4.39 Å². The van der Waals surface area contributed by atoms with Crippen molar-refractivity contribution in [1.82, 2.24) is 0 Å². The van der Waals surface area contributed by atoms with E-state index in [0.29, 0.717) is 24.5 Å². The van der Waals surface area contributed by atoms with E-state index < -0.39 is 0 Å². The second kappa shape index (κ2) is 4.99. The van der Waals surface area contributed by atoms with E-state index in [4.69, 9.17) is 4.74 Å². The quantitative estimate of drug-likeness (QED) is 0.717. The minimum absolute atomic E-state index is 0.149. The first-order valence-electron chi connectivity index (χ1n) is 5.04. The van der Waals surface area contributed by atoms with E-state index >= 15 is 0 Å². The first kappa shape index (κ1) is 11.0. The van der Waals surface area contributed by atoms with Crippen LogP contribution in [0.5, 0.6) is 5.75 Å². The number of hydrogen-bond acceptors (Lipinski definition) is 1.